The van der Waals surface area contributed by atoms with E-state index in [9.17, 15) is 14.0 Å². The molecule has 0 fully saturated rings. The molecule has 0 aliphatic rings. The van der Waals surface area contributed by atoms with Crippen molar-refractivity contribution in [2.24, 2.45) is 0 Å². The van der Waals surface area contributed by atoms with Gasteiger partial charge in [0.15, 0.2) is 0 Å². The van der Waals surface area contributed by atoms with Crippen LogP contribution < -0.4 is 10.6 Å². The van der Waals surface area contributed by atoms with Crippen molar-refractivity contribution >= 4 is 17.5 Å². The fourth-order valence-corrected chi connectivity index (χ4v) is 2.39. The second kappa shape index (κ2) is 9.62. The molecule has 1 heterocycles. The molecule has 1 aromatic heterocycles. The number of hydrogen-bond acceptors (Lipinski definition) is 4. The van der Waals surface area contributed by atoms with Crippen LogP contribution in [0.1, 0.15) is 30.1 Å². The number of anilines is 1. The van der Waals surface area contributed by atoms with E-state index in [4.69, 9.17) is 4.74 Å². The zero-order valence-electron chi connectivity index (χ0n) is 14.8. The van der Waals surface area contributed by atoms with Gasteiger partial charge in [-0.05, 0) is 36.8 Å². The lowest BCUT2D eigenvalue weighted by molar-refractivity contribution is -0.125. The highest BCUT2D eigenvalue weighted by atomic mass is 19.1. The standard InChI is InChI=1S/C19H22FN3O3/c1-13-6-7-14(20)16(11-13)22-18(24)8-9-19(25)23-17(12-26-2)15-5-3-4-10-21-15/h3-7,10-11,17H,8-9,12H2,1-2H3,(H,22,24)(H,23,25)/t17-/m0/s1. The lowest BCUT2D eigenvalue weighted by Gasteiger charge is -2.17. The van der Waals surface area contributed by atoms with Gasteiger partial charge >= 0.3 is 0 Å². The third-order valence-electron chi connectivity index (χ3n) is 3.69. The Morgan fingerprint density at radius 3 is 2.65 bits per heavy atom. The van der Waals surface area contributed by atoms with Gasteiger partial charge in [0.1, 0.15) is 5.82 Å². The first kappa shape index (κ1) is 19.5. The summed E-state index contributed by atoms with van der Waals surface area (Å²) in [5.41, 5.74) is 1.62. The maximum Gasteiger partial charge on any atom is 0.224 e. The summed E-state index contributed by atoms with van der Waals surface area (Å²) in [7, 11) is 1.53. The number of hydrogen-bond donors (Lipinski definition) is 2. The Morgan fingerprint density at radius 1 is 1.19 bits per heavy atom. The Balaban J connectivity index is 1.86. The monoisotopic (exact) mass is 359 g/mol. The smallest absolute Gasteiger partial charge is 0.224 e. The molecule has 2 aromatic rings. The van der Waals surface area contributed by atoms with Crippen molar-refractivity contribution in [2.45, 2.75) is 25.8 Å². The van der Waals surface area contributed by atoms with Gasteiger partial charge in [-0.1, -0.05) is 12.1 Å². The number of carbonyl (C=O) groups excluding carboxylic acids is 2. The second-order valence-corrected chi connectivity index (χ2v) is 5.86. The average Bonchev–Trinajstić information content (AvgIpc) is 2.63. The van der Waals surface area contributed by atoms with E-state index in [1.165, 1.54) is 13.2 Å². The molecule has 0 radical (unpaired) electrons. The molecule has 2 amide bonds. The highest BCUT2D eigenvalue weighted by Gasteiger charge is 2.16. The minimum Gasteiger partial charge on any atom is -0.382 e. The average molecular weight is 359 g/mol. The lowest BCUT2D eigenvalue weighted by atomic mass is 10.1. The summed E-state index contributed by atoms with van der Waals surface area (Å²) in [5.74, 6) is -1.24. The van der Waals surface area contributed by atoms with Gasteiger partial charge in [0.25, 0.3) is 0 Å². The Kier molecular flexibility index (Phi) is 7.23. The molecule has 138 valence electrons. The van der Waals surface area contributed by atoms with Crippen LogP contribution in [-0.2, 0) is 14.3 Å². The molecule has 0 bridgehead atoms. The van der Waals surface area contributed by atoms with Crippen molar-refractivity contribution in [2.75, 3.05) is 19.0 Å². The van der Waals surface area contributed by atoms with E-state index < -0.39 is 17.8 Å². The molecule has 7 heteroatoms. The van der Waals surface area contributed by atoms with Crippen molar-refractivity contribution in [3.05, 3.63) is 59.7 Å². The minimum absolute atomic E-state index is 0.0215. The maximum atomic E-state index is 13.7. The van der Waals surface area contributed by atoms with Gasteiger partial charge in [0, 0.05) is 26.1 Å². The third-order valence-corrected chi connectivity index (χ3v) is 3.69. The summed E-state index contributed by atoms with van der Waals surface area (Å²) in [6, 6.07) is 9.45. The highest BCUT2D eigenvalue weighted by Crippen LogP contribution is 2.16. The van der Waals surface area contributed by atoms with Gasteiger partial charge in [0.2, 0.25) is 11.8 Å². The Hall–Kier alpha value is -2.80. The normalized spacial score (nSPS) is 11.7. The summed E-state index contributed by atoms with van der Waals surface area (Å²) >= 11 is 0. The van der Waals surface area contributed by atoms with E-state index in [0.29, 0.717) is 5.69 Å². The number of carbonyl (C=O) groups is 2. The molecule has 0 aliphatic heterocycles. The summed E-state index contributed by atoms with van der Waals surface area (Å²) in [6.07, 6.45) is 1.56. The number of aryl methyl sites for hydroxylation is 1. The molecule has 2 rings (SSSR count). The van der Waals surface area contributed by atoms with E-state index in [-0.39, 0.29) is 31.0 Å². The number of nitrogens with zero attached hydrogens (tertiary/aromatic N) is 1. The molecule has 1 aromatic carbocycles. The molecule has 0 saturated carbocycles. The fourth-order valence-electron chi connectivity index (χ4n) is 2.39. The number of methoxy groups -OCH3 is 1. The second-order valence-electron chi connectivity index (χ2n) is 5.86. The zero-order valence-corrected chi connectivity index (χ0v) is 14.8. The van der Waals surface area contributed by atoms with Crippen molar-refractivity contribution < 1.29 is 18.7 Å². The molecule has 0 saturated heterocycles. The van der Waals surface area contributed by atoms with Crippen LogP contribution in [0.15, 0.2) is 42.6 Å². The van der Waals surface area contributed by atoms with E-state index in [0.717, 1.165) is 5.56 Å². The number of ether oxygens (including phenoxy) is 1. The topological polar surface area (TPSA) is 80.3 Å². The van der Waals surface area contributed by atoms with Gasteiger partial charge < -0.3 is 15.4 Å². The molecule has 0 unspecified atom stereocenters. The van der Waals surface area contributed by atoms with Crippen LogP contribution in [0.5, 0.6) is 0 Å². The molecule has 0 aliphatic carbocycles. The first-order valence-corrected chi connectivity index (χ1v) is 8.25. The predicted molar refractivity (Wildman–Crippen MR) is 96.0 cm³/mol. The largest absolute Gasteiger partial charge is 0.382 e. The SMILES string of the molecule is COC[C@H](NC(=O)CCC(=O)Nc1cc(C)ccc1F)c1ccccn1. The fraction of sp³-hybridized carbons (Fsp3) is 0.316. The zero-order chi connectivity index (χ0) is 18.9. The summed E-state index contributed by atoms with van der Waals surface area (Å²) in [4.78, 5) is 28.3. The van der Waals surface area contributed by atoms with Crippen molar-refractivity contribution in [1.82, 2.24) is 10.3 Å². The molecular weight excluding hydrogens is 337 g/mol. The Morgan fingerprint density at radius 2 is 1.96 bits per heavy atom. The van der Waals surface area contributed by atoms with Gasteiger partial charge in [-0.15, -0.1) is 0 Å². The van der Waals surface area contributed by atoms with Crippen molar-refractivity contribution in [3.63, 3.8) is 0 Å². The van der Waals surface area contributed by atoms with Crippen LogP contribution in [0.3, 0.4) is 0 Å². The van der Waals surface area contributed by atoms with Gasteiger partial charge in [-0.2, -0.15) is 0 Å². The number of halogens is 1. The number of nitrogens with one attached hydrogen (secondary N) is 2. The van der Waals surface area contributed by atoms with Gasteiger partial charge in [-0.3, -0.25) is 14.6 Å². The number of aromatic nitrogens is 1. The van der Waals surface area contributed by atoms with Crippen LogP contribution in [0.2, 0.25) is 0 Å². The first-order chi connectivity index (χ1) is 12.5. The maximum absolute atomic E-state index is 13.7. The van der Waals surface area contributed by atoms with E-state index in [1.54, 1.807) is 37.4 Å². The molecule has 26 heavy (non-hydrogen) atoms. The molecule has 1 atom stereocenters. The Bertz CT molecular complexity index is 753. The number of pyridine rings is 1. The summed E-state index contributed by atoms with van der Waals surface area (Å²) in [5, 5.41) is 5.28. The summed E-state index contributed by atoms with van der Waals surface area (Å²) < 4.78 is 18.8. The van der Waals surface area contributed by atoms with E-state index in [2.05, 4.69) is 15.6 Å². The first-order valence-electron chi connectivity index (χ1n) is 8.25. The van der Waals surface area contributed by atoms with Crippen LogP contribution in [0.25, 0.3) is 0 Å². The lowest BCUT2D eigenvalue weighted by Crippen LogP contribution is -2.32. The van der Waals surface area contributed by atoms with E-state index >= 15 is 0 Å². The molecule has 0 spiro atoms. The number of rotatable bonds is 8. The van der Waals surface area contributed by atoms with Crippen LogP contribution in [0.4, 0.5) is 10.1 Å². The molecular formula is C19H22FN3O3. The van der Waals surface area contributed by atoms with Crippen LogP contribution >= 0.6 is 0 Å². The van der Waals surface area contributed by atoms with Crippen molar-refractivity contribution in [3.8, 4) is 0 Å². The van der Waals surface area contributed by atoms with Crippen molar-refractivity contribution in [1.29, 1.82) is 0 Å². The highest BCUT2D eigenvalue weighted by molar-refractivity contribution is 5.93. The van der Waals surface area contributed by atoms with E-state index in [1.807, 2.05) is 6.07 Å². The summed E-state index contributed by atoms with van der Waals surface area (Å²) in [6.45, 7) is 2.07. The third kappa shape index (κ3) is 5.93. The number of amides is 2. The minimum atomic E-state index is -0.510. The Labute approximate surface area is 151 Å². The molecule has 2 N–H and O–H groups in total. The van der Waals surface area contributed by atoms with Gasteiger partial charge in [0.05, 0.1) is 24.0 Å². The van der Waals surface area contributed by atoms with Gasteiger partial charge in [-0.25, -0.2) is 4.39 Å². The number of benzene rings is 1. The molecule has 6 nitrogen and oxygen atoms in total. The van der Waals surface area contributed by atoms with Crippen LogP contribution in [-0.4, -0.2) is 30.5 Å². The quantitative estimate of drug-likeness (QED) is 0.759. The predicted octanol–water partition coefficient (Wildman–Crippen LogP) is 2.75. The van der Waals surface area contributed by atoms with Crippen LogP contribution in [0, 0.1) is 12.7 Å².